The highest BCUT2D eigenvalue weighted by atomic mass is 16.5. The van der Waals surface area contributed by atoms with Gasteiger partial charge in [-0.15, -0.1) is 0 Å². The number of carboxylic acids is 1. The van der Waals surface area contributed by atoms with Gasteiger partial charge >= 0.3 is 5.97 Å². The molecule has 1 amide bonds. The van der Waals surface area contributed by atoms with Crippen molar-refractivity contribution >= 4 is 18.3 Å². The Hall–Kier alpha value is -1.59. The van der Waals surface area contributed by atoms with Crippen LogP contribution in [0, 0.1) is 0 Å². The van der Waals surface area contributed by atoms with E-state index in [0.29, 0.717) is 0 Å². The Morgan fingerprint density at radius 3 is 2.64 bits per heavy atom. The first kappa shape index (κ1) is 7.52. The largest absolute Gasteiger partial charge is 0.478 e. The van der Waals surface area contributed by atoms with Crippen molar-refractivity contribution < 1.29 is 19.4 Å². The molecule has 0 aromatic carbocycles. The van der Waals surface area contributed by atoms with Crippen LogP contribution in [-0.2, 0) is 14.3 Å². The maximum absolute atomic E-state index is 10.5. The van der Waals surface area contributed by atoms with E-state index in [1.807, 2.05) is 0 Å². The third-order valence-electron chi connectivity index (χ3n) is 1.25. The Labute approximate surface area is 61.7 Å². The summed E-state index contributed by atoms with van der Waals surface area (Å²) in [7, 11) is 0. The number of ether oxygens (including phenoxy) is 1. The van der Waals surface area contributed by atoms with E-state index in [0.717, 1.165) is 6.40 Å². The summed E-state index contributed by atoms with van der Waals surface area (Å²) in [6.45, 7) is 0. The fourth-order valence-electron chi connectivity index (χ4n) is 0.735. The van der Waals surface area contributed by atoms with E-state index in [-0.39, 0.29) is 0 Å². The number of hydrogen-bond acceptors (Lipinski definition) is 4. The summed E-state index contributed by atoms with van der Waals surface area (Å²) in [4.78, 5) is 24.2. The number of amides is 1. The van der Waals surface area contributed by atoms with E-state index < -0.39 is 24.0 Å². The minimum atomic E-state index is -1.26. The number of rotatable bonds is 2. The lowest BCUT2D eigenvalue weighted by atomic mass is 10.2. The van der Waals surface area contributed by atoms with Crippen molar-refractivity contribution in [1.29, 1.82) is 0 Å². The molecule has 0 saturated carbocycles. The number of nitrogens with two attached hydrogens (primary N) is 1. The lowest BCUT2D eigenvalue weighted by Gasteiger charge is -2.07. The van der Waals surface area contributed by atoms with Gasteiger partial charge in [-0.05, 0) is 0 Å². The van der Waals surface area contributed by atoms with Gasteiger partial charge in [-0.25, -0.2) is 9.79 Å². The molecule has 0 aromatic heterocycles. The highest BCUT2D eigenvalue weighted by molar-refractivity contribution is 5.90. The molecular weight excluding hydrogens is 152 g/mol. The Morgan fingerprint density at radius 2 is 2.27 bits per heavy atom. The second kappa shape index (κ2) is 2.57. The van der Waals surface area contributed by atoms with Crippen LogP contribution < -0.4 is 5.73 Å². The molecule has 0 unspecified atom stereocenters. The second-order valence-electron chi connectivity index (χ2n) is 2.00. The average Bonchev–Trinajstić information content (AvgIpc) is 2.32. The molecule has 1 aliphatic heterocycles. The number of carboxylic acid groups (broad SMARTS) is 1. The molecule has 6 heteroatoms. The molecule has 0 spiro atoms. The molecule has 0 saturated heterocycles. The molecule has 6 nitrogen and oxygen atoms in total. The van der Waals surface area contributed by atoms with Gasteiger partial charge in [-0.2, -0.15) is 0 Å². The first-order valence-electron chi connectivity index (χ1n) is 2.82. The van der Waals surface area contributed by atoms with E-state index in [4.69, 9.17) is 10.8 Å². The van der Waals surface area contributed by atoms with E-state index in [1.54, 1.807) is 0 Å². The van der Waals surface area contributed by atoms with E-state index in [2.05, 4.69) is 9.73 Å². The van der Waals surface area contributed by atoms with Crippen molar-refractivity contribution in [2.45, 2.75) is 12.1 Å². The molecule has 2 atom stereocenters. The molecular formula is C5H6N2O4. The number of carbonyl (C=O) groups excluding carboxylic acids is 1. The van der Waals surface area contributed by atoms with E-state index >= 15 is 0 Å². The third-order valence-corrected chi connectivity index (χ3v) is 1.25. The fourth-order valence-corrected chi connectivity index (χ4v) is 0.735. The fraction of sp³-hybridized carbons (Fsp3) is 0.400. The summed E-state index contributed by atoms with van der Waals surface area (Å²) in [6.07, 6.45) is -0.332. The molecule has 1 aliphatic rings. The van der Waals surface area contributed by atoms with Crippen LogP contribution in [0.25, 0.3) is 0 Å². The Kier molecular flexibility index (Phi) is 1.75. The molecule has 0 aliphatic carbocycles. The van der Waals surface area contributed by atoms with Crippen molar-refractivity contribution in [3.05, 3.63) is 0 Å². The van der Waals surface area contributed by atoms with Crippen LogP contribution >= 0.6 is 0 Å². The molecule has 0 fully saturated rings. The summed E-state index contributed by atoms with van der Waals surface area (Å²) in [5.41, 5.74) is 4.83. The standard InChI is InChI=1S/C5H6N2O4/c6-4(8)2-3(5(9)10)11-1-7-2/h1-3H,(H2,6,8)(H,9,10)/t2-,3-/m1/s1. The summed E-state index contributed by atoms with van der Waals surface area (Å²) >= 11 is 0. The van der Waals surface area contributed by atoms with Crippen LogP contribution in [0.4, 0.5) is 0 Å². The topological polar surface area (TPSA) is 102 Å². The van der Waals surface area contributed by atoms with Crippen LogP contribution in [0.5, 0.6) is 0 Å². The van der Waals surface area contributed by atoms with Crippen LogP contribution in [0.2, 0.25) is 0 Å². The van der Waals surface area contributed by atoms with Gasteiger partial charge in [0.1, 0.15) is 0 Å². The molecule has 3 N–H and O–H groups in total. The predicted molar refractivity (Wildman–Crippen MR) is 34.0 cm³/mol. The Balaban J connectivity index is 2.71. The van der Waals surface area contributed by atoms with Gasteiger partial charge in [-0.1, -0.05) is 0 Å². The minimum absolute atomic E-state index is 0.800. The number of carbonyl (C=O) groups is 2. The van der Waals surface area contributed by atoms with E-state index in [9.17, 15) is 9.59 Å². The van der Waals surface area contributed by atoms with Gasteiger partial charge in [0.05, 0.1) is 0 Å². The molecule has 60 valence electrons. The normalized spacial score (nSPS) is 28.0. The first-order chi connectivity index (χ1) is 5.13. The summed E-state index contributed by atoms with van der Waals surface area (Å²) in [5.74, 6) is -2.04. The van der Waals surface area contributed by atoms with Gasteiger partial charge in [0.15, 0.2) is 12.4 Å². The smallest absolute Gasteiger partial charge is 0.347 e. The zero-order chi connectivity index (χ0) is 8.43. The number of primary amides is 1. The second-order valence-corrected chi connectivity index (χ2v) is 2.00. The highest BCUT2D eigenvalue weighted by Gasteiger charge is 2.36. The van der Waals surface area contributed by atoms with E-state index in [1.165, 1.54) is 0 Å². The molecule has 0 bridgehead atoms. The van der Waals surface area contributed by atoms with Crippen molar-refractivity contribution in [3.63, 3.8) is 0 Å². The molecule has 0 aromatic rings. The zero-order valence-corrected chi connectivity index (χ0v) is 5.43. The van der Waals surface area contributed by atoms with Gasteiger partial charge in [0.2, 0.25) is 12.0 Å². The maximum atomic E-state index is 10.5. The van der Waals surface area contributed by atoms with Crippen LogP contribution in [-0.4, -0.2) is 35.5 Å². The SMILES string of the molecule is NC(=O)[C@@H]1N=CO[C@H]1C(=O)O. The van der Waals surface area contributed by atoms with Crippen molar-refractivity contribution in [1.82, 2.24) is 0 Å². The number of aliphatic carboxylic acids is 1. The minimum Gasteiger partial charge on any atom is -0.478 e. The van der Waals surface area contributed by atoms with Gasteiger partial charge in [0, 0.05) is 0 Å². The van der Waals surface area contributed by atoms with Gasteiger partial charge in [0.25, 0.3) is 0 Å². The Bertz CT molecular complexity index is 225. The van der Waals surface area contributed by atoms with Gasteiger partial charge < -0.3 is 15.6 Å². The van der Waals surface area contributed by atoms with Crippen LogP contribution in [0.1, 0.15) is 0 Å². The number of nitrogens with zero attached hydrogens (tertiary/aromatic N) is 1. The molecule has 0 radical (unpaired) electrons. The van der Waals surface area contributed by atoms with Crippen LogP contribution in [0.15, 0.2) is 4.99 Å². The lowest BCUT2D eigenvalue weighted by Crippen LogP contribution is -2.40. The maximum Gasteiger partial charge on any atom is 0.347 e. The molecule has 1 rings (SSSR count). The zero-order valence-electron chi connectivity index (χ0n) is 5.43. The predicted octanol–water partition coefficient (Wildman–Crippen LogP) is -1.65. The summed E-state index contributed by atoms with van der Waals surface area (Å²) in [6, 6.07) is -1.09. The monoisotopic (exact) mass is 158 g/mol. The van der Waals surface area contributed by atoms with Crippen molar-refractivity contribution in [3.8, 4) is 0 Å². The summed E-state index contributed by atoms with van der Waals surface area (Å²) in [5, 5.41) is 8.42. The first-order valence-corrected chi connectivity index (χ1v) is 2.82. The summed E-state index contributed by atoms with van der Waals surface area (Å²) < 4.78 is 4.50. The average molecular weight is 158 g/mol. The highest BCUT2D eigenvalue weighted by Crippen LogP contribution is 2.08. The molecule has 1 heterocycles. The van der Waals surface area contributed by atoms with Gasteiger partial charge in [-0.3, -0.25) is 4.79 Å². The van der Waals surface area contributed by atoms with Crippen molar-refractivity contribution in [2.24, 2.45) is 10.7 Å². The lowest BCUT2D eigenvalue weighted by molar-refractivity contribution is -0.147. The van der Waals surface area contributed by atoms with Crippen molar-refractivity contribution in [2.75, 3.05) is 0 Å². The number of hydrogen-bond donors (Lipinski definition) is 2. The Morgan fingerprint density at radius 1 is 1.64 bits per heavy atom. The molecule has 11 heavy (non-hydrogen) atoms. The third kappa shape index (κ3) is 1.28. The quantitative estimate of drug-likeness (QED) is 0.502. The van der Waals surface area contributed by atoms with Crippen LogP contribution in [0.3, 0.4) is 0 Å². The number of aliphatic imine (C=N–C) groups is 1.